The van der Waals surface area contributed by atoms with Crippen LogP contribution in [0.5, 0.6) is 11.5 Å². The van der Waals surface area contributed by atoms with E-state index in [0.29, 0.717) is 41.3 Å². The molecular formula is C22H25FN4O3S. The molecule has 7 nitrogen and oxygen atoms in total. The predicted molar refractivity (Wildman–Crippen MR) is 118 cm³/mol. The van der Waals surface area contributed by atoms with Crippen LogP contribution in [-0.2, 0) is 11.3 Å². The molecule has 0 aliphatic carbocycles. The Kier molecular flexibility index (Phi) is 7.88. The van der Waals surface area contributed by atoms with Crippen molar-refractivity contribution in [1.82, 2.24) is 14.8 Å². The van der Waals surface area contributed by atoms with Crippen molar-refractivity contribution in [2.24, 2.45) is 0 Å². The lowest BCUT2D eigenvalue weighted by Crippen LogP contribution is -2.16. The molecule has 0 radical (unpaired) electrons. The Morgan fingerprint density at radius 2 is 1.90 bits per heavy atom. The molecule has 1 aromatic heterocycles. The number of ether oxygens (including phenoxy) is 2. The van der Waals surface area contributed by atoms with Gasteiger partial charge < -0.3 is 19.4 Å². The van der Waals surface area contributed by atoms with Crippen LogP contribution in [0.1, 0.15) is 32.7 Å². The van der Waals surface area contributed by atoms with Gasteiger partial charge in [0.15, 0.2) is 17.1 Å². The maximum atomic E-state index is 13.1. The van der Waals surface area contributed by atoms with Gasteiger partial charge in [-0.3, -0.25) is 4.79 Å². The summed E-state index contributed by atoms with van der Waals surface area (Å²) in [5.41, 5.74) is 0.633. The van der Waals surface area contributed by atoms with Crippen molar-refractivity contribution in [3.8, 4) is 11.5 Å². The number of thioether (sulfide) groups is 1. The molecular weight excluding hydrogens is 419 g/mol. The second-order valence-corrected chi connectivity index (χ2v) is 7.51. The summed E-state index contributed by atoms with van der Waals surface area (Å²) >= 11 is 1.30. The normalized spacial score (nSPS) is 11.7. The number of nitrogens with one attached hydrogen (secondary N) is 1. The fourth-order valence-electron chi connectivity index (χ4n) is 2.94. The molecule has 1 heterocycles. The molecule has 0 spiro atoms. The summed E-state index contributed by atoms with van der Waals surface area (Å²) in [6, 6.07) is 13.1. The Hall–Kier alpha value is -3.07. The van der Waals surface area contributed by atoms with Crippen LogP contribution < -0.4 is 14.8 Å². The largest absolute Gasteiger partial charge is 0.492 e. The van der Waals surface area contributed by atoms with E-state index in [4.69, 9.17) is 9.47 Å². The molecule has 164 valence electrons. The van der Waals surface area contributed by atoms with Crippen molar-refractivity contribution in [2.45, 2.75) is 38.6 Å². The number of aromatic nitrogens is 3. The van der Waals surface area contributed by atoms with Crippen molar-refractivity contribution < 1.29 is 18.7 Å². The quantitative estimate of drug-likeness (QED) is 0.457. The van der Waals surface area contributed by atoms with Gasteiger partial charge >= 0.3 is 0 Å². The zero-order valence-electron chi connectivity index (χ0n) is 17.7. The van der Waals surface area contributed by atoms with Crippen molar-refractivity contribution in [3.63, 3.8) is 0 Å². The van der Waals surface area contributed by atoms with Crippen LogP contribution in [0.4, 0.5) is 10.1 Å². The van der Waals surface area contributed by atoms with Crippen LogP contribution >= 0.6 is 11.8 Å². The van der Waals surface area contributed by atoms with E-state index in [1.54, 1.807) is 18.2 Å². The molecule has 2 aromatic carbocycles. The summed E-state index contributed by atoms with van der Waals surface area (Å²) in [7, 11) is 0. The van der Waals surface area contributed by atoms with Crippen LogP contribution in [0, 0.1) is 5.82 Å². The number of benzene rings is 2. The monoisotopic (exact) mass is 444 g/mol. The van der Waals surface area contributed by atoms with Gasteiger partial charge in [-0.1, -0.05) is 23.9 Å². The first kappa shape index (κ1) is 22.6. The number of para-hydroxylation sites is 2. The Bertz CT molecular complexity index is 1010. The fraction of sp³-hybridized carbons (Fsp3) is 0.318. The van der Waals surface area contributed by atoms with Gasteiger partial charge in [0, 0.05) is 6.54 Å². The molecule has 1 amide bonds. The number of anilines is 1. The molecule has 3 rings (SSSR count). The molecule has 1 N–H and O–H groups in total. The minimum atomic E-state index is -0.390. The van der Waals surface area contributed by atoms with E-state index >= 15 is 0 Å². The van der Waals surface area contributed by atoms with E-state index in [9.17, 15) is 9.18 Å². The number of hydrogen-bond acceptors (Lipinski definition) is 6. The molecule has 0 aliphatic rings. The van der Waals surface area contributed by atoms with Crippen molar-refractivity contribution >= 4 is 23.4 Å². The summed E-state index contributed by atoms with van der Waals surface area (Å²) < 4.78 is 26.4. The fourth-order valence-corrected chi connectivity index (χ4v) is 3.75. The summed E-state index contributed by atoms with van der Waals surface area (Å²) in [4.78, 5) is 12.5. The highest BCUT2D eigenvalue weighted by Gasteiger charge is 2.19. The average molecular weight is 445 g/mol. The van der Waals surface area contributed by atoms with Gasteiger partial charge in [-0.15, -0.1) is 10.2 Å². The third-order valence-corrected chi connectivity index (χ3v) is 5.31. The Labute approximate surface area is 185 Å². The van der Waals surface area contributed by atoms with Crippen LogP contribution in [0.15, 0.2) is 53.7 Å². The van der Waals surface area contributed by atoms with Crippen LogP contribution in [-0.4, -0.2) is 33.0 Å². The standard InChI is InChI=1S/C22H25FN4O3S/c1-4-27-21(15(3)30-17-12-10-16(23)11-13-17)25-26-22(27)31-14-20(28)24-18-8-6-7-9-19(18)29-5-2/h6-13,15H,4-5,14H2,1-3H3,(H,24,28). The van der Waals surface area contributed by atoms with Gasteiger partial charge in [0.1, 0.15) is 17.3 Å². The van der Waals surface area contributed by atoms with Gasteiger partial charge in [0.05, 0.1) is 18.0 Å². The highest BCUT2D eigenvalue weighted by atomic mass is 32.2. The predicted octanol–water partition coefficient (Wildman–Crippen LogP) is 4.71. The van der Waals surface area contributed by atoms with Gasteiger partial charge in [-0.2, -0.15) is 0 Å². The molecule has 0 aliphatic heterocycles. The molecule has 1 unspecified atom stereocenters. The second-order valence-electron chi connectivity index (χ2n) is 6.57. The SMILES string of the molecule is CCOc1ccccc1NC(=O)CSc1nnc(C(C)Oc2ccc(F)cc2)n1CC. The lowest BCUT2D eigenvalue weighted by molar-refractivity contribution is -0.113. The Morgan fingerprint density at radius 3 is 2.61 bits per heavy atom. The van der Waals surface area contributed by atoms with E-state index in [1.165, 1.54) is 23.9 Å². The van der Waals surface area contributed by atoms with Crippen molar-refractivity contribution in [1.29, 1.82) is 0 Å². The van der Waals surface area contributed by atoms with Gasteiger partial charge in [0.2, 0.25) is 5.91 Å². The van der Waals surface area contributed by atoms with E-state index in [2.05, 4.69) is 15.5 Å². The molecule has 0 saturated heterocycles. The first-order chi connectivity index (χ1) is 15.0. The number of nitrogens with zero attached hydrogens (tertiary/aromatic N) is 3. The third-order valence-electron chi connectivity index (χ3n) is 4.35. The van der Waals surface area contributed by atoms with Crippen LogP contribution in [0.3, 0.4) is 0 Å². The molecule has 0 bridgehead atoms. The highest BCUT2D eigenvalue weighted by molar-refractivity contribution is 7.99. The number of carbonyl (C=O) groups excluding carboxylic acids is 1. The summed E-state index contributed by atoms with van der Waals surface area (Å²) in [6.07, 6.45) is -0.390. The zero-order valence-corrected chi connectivity index (χ0v) is 18.5. The van der Waals surface area contributed by atoms with Crippen molar-refractivity contribution in [3.05, 3.63) is 60.2 Å². The van der Waals surface area contributed by atoms with E-state index in [0.717, 1.165) is 0 Å². The summed E-state index contributed by atoms with van der Waals surface area (Å²) in [5.74, 6) is 1.50. The van der Waals surface area contributed by atoms with E-state index in [-0.39, 0.29) is 23.6 Å². The maximum Gasteiger partial charge on any atom is 0.234 e. The Morgan fingerprint density at radius 1 is 1.16 bits per heavy atom. The third kappa shape index (κ3) is 5.97. The highest BCUT2D eigenvalue weighted by Crippen LogP contribution is 2.26. The molecule has 31 heavy (non-hydrogen) atoms. The number of hydrogen-bond donors (Lipinski definition) is 1. The average Bonchev–Trinajstić information content (AvgIpc) is 3.18. The van der Waals surface area contributed by atoms with Gasteiger partial charge in [0.25, 0.3) is 0 Å². The van der Waals surface area contributed by atoms with Gasteiger partial charge in [-0.25, -0.2) is 4.39 Å². The zero-order chi connectivity index (χ0) is 22.2. The Balaban J connectivity index is 1.63. The van der Waals surface area contributed by atoms with E-state index in [1.807, 2.05) is 43.5 Å². The maximum absolute atomic E-state index is 13.1. The first-order valence-electron chi connectivity index (χ1n) is 10.0. The van der Waals surface area contributed by atoms with Crippen LogP contribution in [0.25, 0.3) is 0 Å². The smallest absolute Gasteiger partial charge is 0.234 e. The summed E-state index contributed by atoms with van der Waals surface area (Å²) in [5, 5.41) is 12.0. The number of amides is 1. The molecule has 0 saturated carbocycles. The molecule has 0 fully saturated rings. The topological polar surface area (TPSA) is 78.3 Å². The molecule has 1 atom stereocenters. The number of halogens is 1. The molecule has 3 aromatic rings. The second kappa shape index (κ2) is 10.8. The number of rotatable bonds is 10. The van der Waals surface area contributed by atoms with Crippen LogP contribution in [0.2, 0.25) is 0 Å². The first-order valence-corrected chi connectivity index (χ1v) is 11.0. The minimum Gasteiger partial charge on any atom is -0.492 e. The number of carbonyl (C=O) groups is 1. The minimum absolute atomic E-state index is 0.167. The lowest BCUT2D eigenvalue weighted by Gasteiger charge is -2.15. The summed E-state index contributed by atoms with van der Waals surface area (Å²) in [6.45, 7) is 6.86. The van der Waals surface area contributed by atoms with Crippen molar-refractivity contribution in [2.75, 3.05) is 17.7 Å². The van der Waals surface area contributed by atoms with E-state index < -0.39 is 0 Å². The molecule has 9 heteroatoms. The lowest BCUT2D eigenvalue weighted by atomic mass is 10.3. The van der Waals surface area contributed by atoms with Gasteiger partial charge in [-0.05, 0) is 57.2 Å².